The molecule has 31 heavy (non-hydrogen) atoms. The standard InChI is InChI=1S/C25H22N4O2/c1-15-28-23-14-27-22-12-20(16-4-6-17(26)7-5-16)24(31-3)13-21(22)25(23)29(15)18-8-10-19(30-2)11-9-18/h4-14H,26H2,1-3H3. The van der Waals surface area contributed by atoms with E-state index in [4.69, 9.17) is 20.2 Å². The lowest BCUT2D eigenvalue weighted by Crippen LogP contribution is -1.98. The Morgan fingerprint density at radius 1 is 0.871 bits per heavy atom. The minimum absolute atomic E-state index is 0.724. The zero-order valence-electron chi connectivity index (χ0n) is 17.6. The van der Waals surface area contributed by atoms with Crippen molar-refractivity contribution in [2.24, 2.45) is 0 Å². The van der Waals surface area contributed by atoms with Gasteiger partial charge in [0.2, 0.25) is 0 Å². The van der Waals surface area contributed by atoms with Gasteiger partial charge in [-0.15, -0.1) is 0 Å². The van der Waals surface area contributed by atoms with Crippen LogP contribution in [0.2, 0.25) is 0 Å². The third kappa shape index (κ3) is 3.13. The van der Waals surface area contributed by atoms with Gasteiger partial charge in [0.25, 0.3) is 0 Å². The van der Waals surface area contributed by atoms with E-state index in [1.54, 1.807) is 14.2 Å². The summed E-state index contributed by atoms with van der Waals surface area (Å²) in [5.74, 6) is 2.47. The van der Waals surface area contributed by atoms with Gasteiger partial charge in [0.05, 0.1) is 31.4 Å². The molecule has 0 aliphatic carbocycles. The van der Waals surface area contributed by atoms with E-state index in [0.717, 1.165) is 61.8 Å². The molecule has 0 saturated heterocycles. The summed E-state index contributed by atoms with van der Waals surface area (Å²) in [6, 6.07) is 19.8. The van der Waals surface area contributed by atoms with E-state index in [9.17, 15) is 0 Å². The molecule has 0 unspecified atom stereocenters. The van der Waals surface area contributed by atoms with Gasteiger partial charge in [-0.25, -0.2) is 4.98 Å². The summed E-state index contributed by atoms with van der Waals surface area (Å²) in [6.45, 7) is 2.00. The van der Waals surface area contributed by atoms with Crippen LogP contribution in [0, 0.1) is 6.92 Å². The van der Waals surface area contributed by atoms with E-state index >= 15 is 0 Å². The van der Waals surface area contributed by atoms with Crippen molar-refractivity contribution in [3.63, 3.8) is 0 Å². The summed E-state index contributed by atoms with van der Waals surface area (Å²) in [4.78, 5) is 9.43. The predicted octanol–water partition coefficient (Wildman–Crippen LogP) is 5.15. The Morgan fingerprint density at radius 2 is 1.61 bits per heavy atom. The van der Waals surface area contributed by atoms with Crippen molar-refractivity contribution in [3.05, 3.63) is 72.7 Å². The van der Waals surface area contributed by atoms with Gasteiger partial charge in [0.1, 0.15) is 22.8 Å². The first kappa shape index (κ1) is 18.9. The fourth-order valence-corrected chi connectivity index (χ4v) is 4.00. The minimum atomic E-state index is 0.724. The Hall–Kier alpha value is -4.06. The Kier molecular flexibility index (Phi) is 4.47. The smallest absolute Gasteiger partial charge is 0.127 e. The average Bonchev–Trinajstić information content (AvgIpc) is 3.15. The highest BCUT2D eigenvalue weighted by molar-refractivity contribution is 6.05. The fourth-order valence-electron chi connectivity index (χ4n) is 4.00. The molecule has 0 bridgehead atoms. The van der Waals surface area contributed by atoms with E-state index in [1.165, 1.54) is 0 Å². The van der Waals surface area contributed by atoms with Crippen LogP contribution in [0.3, 0.4) is 0 Å². The molecule has 0 saturated carbocycles. The van der Waals surface area contributed by atoms with Gasteiger partial charge in [0.15, 0.2) is 0 Å². The van der Waals surface area contributed by atoms with Gasteiger partial charge in [-0.1, -0.05) is 12.1 Å². The maximum absolute atomic E-state index is 5.86. The number of hydrogen-bond donors (Lipinski definition) is 1. The van der Waals surface area contributed by atoms with E-state index in [2.05, 4.69) is 15.6 Å². The second-order valence-electron chi connectivity index (χ2n) is 7.38. The van der Waals surface area contributed by atoms with Gasteiger partial charge in [-0.2, -0.15) is 0 Å². The second kappa shape index (κ2) is 7.32. The van der Waals surface area contributed by atoms with Gasteiger partial charge in [-0.05, 0) is 61.0 Å². The molecule has 0 radical (unpaired) electrons. The summed E-state index contributed by atoms with van der Waals surface area (Å²) in [7, 11) is 3.35. The topological polar surface area (TPSA) is 75.2 Å². The number of nitrogen functional groups attached to an aromatic ring is 1. The second-order valence-corrected chi connectivity index (χ2v) is 7.38. The number of methoxy groups -OCH3 is 2. The van der Waals surface area contributed by atoms with Crippen molar-refractivity contribution < 1.29 is 9.47 Å². The highest BCUT2D eigenvalue weighted by atomic mass is 16.5. The number of anilines is 1. The first-order valence-corrected chi connectivity index (χ1v) is 9.95. The van der Waals surface area contributed by atoms with Gasteiger partial charge in [-0.3, -0.25) is 9.55 Å². The van der Waals surface area contributed by atoms with Gasteiger partial charge in [0, 0.05) is 22.3 Å². The van der Waals surface area contributed by atoms with Crippen LogP contribution in [0.5, 0.6) is 11.5 Å². The normalized spacial score (nSPS) is 11.2. The molecule has 0 aliphatic heterocycles. The van der Waals surface area contributed by atoms with E-state index in [-0.39, 0.29) is 0 Å². The zero-order chi connectivity index (χ0) is 21.5. The lowest BCUT2D eigenvalue weighted by Gasteiger charge is -2.13. The summed E-state index contributed by atoms with van der Waals surface area (Å²) < 4.78 is 13.2. The van der Waals surface area contributed by atoms with Crippen molar-refractivity contribution in [3.8, 4) is 28.3 Å². The number of benzene rings is 3. The lowest BCUT2D eigenvalue weighted by atomic mass is 10.0. The number of nitrogens with zero attached hydrogens (tertiary/aromatic N) is 3. The van der Waals surface area contributed by atoms with Crippen LogP contribution in [-0.2, 0) is 0 Å². The Bertz CT molecular complexity index is 1400. The largest absolute Gasteiger partial charge is 0.497 e. The van der Waals surface area contributed by atoms with Crippen LogP contribution in [0.4, 0.5) is 5.69 Å². The number of aromatic nitrogens is 3. The van der Waals surface area contributed by atoms with E-state index < -0.39 is 0 Å². The number of fused-ring (bicyclic) bond motifs is 3. The number of imidazole rings is 1. The van der Waals surface area contributed by atoms with Crippen molar-refractivity contribution in [1.29, 1.82) is 0 Å². The molecule has 0 aliphatic rings. The molecule has 2 heterocycles. The SMILES string of the molecule is COc1ccc(-n2c(C)nc3cnc4cc(-c5ccc(N)cc5)c(OC)cc4c32)cc1. The van der Waals surface area contributed by atoms with Gasteiger partial charge < -0.3 is 15.2 Å². The molecule has 0 atom stereocenters. The minimum Gasteiger partial charge on any atom is -0.497 e. The molecular formula is C25H22N4O2. The summed E-state index contributed by atoms with van der Waals surface area (Å²) in [6.07, 6.45) is 1.82. The van der Waals surface area contributed by atoms with Crippen molar-refractivity contribution in [1.82, 2.24) is 14.5 Å². The van der Waals surface area contributed by atoms with Crippen LogP contribution in [0.1, 0.15) is 5.82 Å². The van der Waals surface area contributed by atoms with Crippen molar-refractivity contribution in [2.75, 3.05) is 20.0 Å². The zero-order valence-corrected chi connectivity index (χ0v) is 17.6. The molecule has 6 heteroatoms. The third-order valence-electron chi connectivity index (χ3n) is 5.52. The molecule has 3 aromatic carbocycles. The van der Waals surface area contributed by atoms with Crippen LogP contribution >= 0.6 is 0 Å². The van der Waals surface area contributed by atoms with E-state index in [1.807, 2.05) is 67.7 Å². The summed E-state index contributed by atoms with van der Waals surface area (Å²) in [5.41, 5.74) is 12.3. The van der Waals surface area contributed by atoms with Crippen LogP contribution in [0.15, 0.2) is 66.9 Å². The maximum atomic E-state index is 5.86. The Labute approximate surface area is 179 Å². The molecule has 5 rings (SSSR count). The van der Waals surface area contributed by atoms with Crippen molar-refractivity contribution >= 4 is 27.6 Å². The summed E-state index contributed by atoms with van der Waals surface area (Å²) in [5, 5.41) is 0.977. The quantitative estimate of drug-likeness (QED) is 0.415. The number of nitrogens with two attached hydrogens (primary N) is 1. The molecule has 0 fully saturated rings. The number of pyridine rings is 1. The molecule has 154 valence electrons. The van der Waals surface area contributed by atoms with E-state index in [0.29, 0.717) is 0 Å². The predicted molar refractivity (Wildman–Crippen MR) is 124 cm³/mol. The highest BCUT2D eigenvalue weighted by Crippen LogP contribution is 2.37. The number of rotatable bonds is 4. The van der Waals surface area contributed by atoms with Crippen molar-refractivity contribution in [2.45, 2.75) is 6.92 Å². The molecule has 6 nitrogen and oxygen atoms in total. The fraction of sp³-hybridized carbons (Fsp3) is 0.120. The monoisotopic (exact) mass is 410 g/mol. The molecule has 2 aromatic heterocycles. The van der Waals surface area contributed by atoms with Crippen LogP contribution < -0.4 is 15.2 Å². The first-order valence-electron chi connectivity index (χ1n) is 9.95. The highest BCUT2D eigenvalue weighted by Gasteiger charge is 2.17. The van der Waals surface area contributed by atoms with Crippen LogP contribution in [-0.4, -0.2) is 28.8 Å². The van der Waals surface area contributed by atoms with Crippen LogP contribution in [0.25, 0.3) is 38.8 Å². The molecule has 2 N–H and O–H groups in total. The maximum Gasteiger partial charge on any atom is 0.127 e. The summed E-state index contributed by atoms with van der Waals surface area (Å²) >= 11 is 0. The Morgan fingerprint density at radius 3 is 2.29 bits per heavy atom. The molecule has 5 aromatic rings. The third-order valence-corrected chi connectivity index (χ3v) is 5.52. The first-order chi connectivity index (χ1) is 15.1. The Balaban J connectivity index is 1.78. The number of aryl methyl sites for hydroxylation is 1. The molecular weight excluding hydrogens is 388 g/mol. The number of hydrogen-bond acceptors (Lipinski definition) is 5. The molecule has 0 spiro atoms. The lowest BCUT2D eigenvalue weighted by molar-refractivity contribution is 0.414. The average molecular weight is 410 g/mol. The number of ether oxygens (including phenoxy) is 2. The van der Waals surface area contributed by atoms with Gasteiger partial charge >= 0.3 is 0 Å². The molecule has 0 amide bonds.